The summed E-state index contributed by atoms with van der Waals surface area (Å²) in [4.78, 5) is 0.109. The van der Waals surface area contributed by atoms with E-state index in [1.807, 2.05) is 6.92 Å². The summed E-state index contributed by atoms with van der Waals surface area (Å²) in [6.07, 6.45) is 0.883. The maximum absolute atomic E-state index is 13.9. The molecule has 2 unspecified atom stereocenters. The summed E-state index contributed by atoms with van der Waals surface area (Å²) < 4.78 is 33.2. The van der Waals surface area contributed by atoms with Gasteiger partial charge in [-0.1, -0.05) is 0 Å². The minimum absolute atomic E-state index is 0.0470. The summed E-state index contributed by atoms with van der Waals surface area (Å²) in [5, 5.41) is 3.01. The van der Waals surface area contributed by atoms with E-state index in [1.54, 1.807) is 7.05 Å². The van der Waals surface area contributed by atoms with Crippen LogP contribution in [-0.4, -0.2) is 25.0 Å². The maximum atomic E-state index is 13.9. The molecule has 0 spiro atoms. The second-order valence-electron chi connectivity index (χ2n) is 4.44. The third-order valence-corrected chi connectivity index (χ3v) is 4.56. The Kier molecular flexibility index (Phi) is 4.59. The highest BCUT2D eigenvalue weighted by atomic mass is 32.2. The quantitative estimate of drug-likeness (QED) is 0.911. The van der Waals surface area contributed by atoms with Gasteiger partial charge in [0, 0.05) is 18.4 Å². The van der Waals surface area contributed by atoms with Crippen LogP contribution in [0.15, 0.2) is 17.0 Å². The molecule has 1 N–H and O–H groups in total. The van der Waals surface area contributed by atoms with Gasteiger partial charge in [-0.15, -0.1) is 11.8 Å². The smallest absolute Gasteiger partial charge is 0.140 e. The van der Waals surface area contributed by atoms with Gasteiger partial charge in [0.25, 0.3) is 0 Å². The lowest BCUT2D eigenvalue weighted by Crippen LogP contribution is -2.14. The van der Waals surface area contributed by atoms with Gasteiger partial charge in [-0.3, -0.25) is 0 Å². The number of thioether (sulfide) groups is 1. The van der Waals surface area contributed by atoms with E-state index >= 15 is 0 Å². The molecule has 0 amide bonds. The Bertz CT molecular complexity index is 404. The van der Waals surface area contributed by atoms with Crippen molar-refractivity contribution in [3.05, 3.63) is 29.3 Å². The van der Waals surface area contributed by atoms with E-state index in [-0.39, 0.29) is 16.2 Å². The average molecular weight is 273 g/mol. The van der Waals surface area contributed by atoms with Crippen molar-refractivity contribution in [2.24, 2.45) is 0 Å². The van der Waals surface area contributed by atoms with Crippen molar-refractivity contribution in [3.8, 4) is 0 Å². The number of benzene rings is 1. The fourth-order valence-corrected chi connectivity index (χ4v) is 3.18. The Balaban J connectivity index is 2.17. The second kappa shape index (κ2) is 5.99. The van der Waals surface area contributed by atoms with Crippen molar-refractivity contribution < 1.29 is 13.5 Å². The van der Waals surface area contributed by atoms with Gasteiger partial charge in [0.2, 0.25) is 0 Å². The molecule has 1 aromatic rings. The van der Waals surface area contributed by atoms with Crippen molar-refractivity contribution in [2.75, 3.05) is 13.7 Å². The summed E-state index contributed by atoms with van der Waals surface area (Å²) in [7, 11) is 1.75. The largest absolute Gasteiger partial charge is 0.377 e. The lowest BCUT2D eigenvalue weighted by Gasteiger charge is -2.15. The van der Waals surface area contributed by atoms with Crippen LogP contribution in [0.4, 0.5) is 8.78 Å². The van der Waals surface area contributed by atoms with Crippen LogP contribution in [0.2, 0.25) is 0 Å². The van der Waals surface area contributed by atoms with Gasteiger partial charge >= 0.3 is 0 Å². The summed E-state index contributed by atoms with van der Waals surface area (Å²) in [5.41, 5.74) is 0.618. The van der Waals surface area contributed by atoms with Gasteiger partial charge in [0.1, 0.15) is 11.6 Å². The molecule has 1 aliphatic rings. The van der Waals surface area contributed by atoms with Gasteiger partial charge < -0.3 is 10.1 Å². The molecule has 100 valence electrons. The molecule has 0 aromatic heterocycles. The van der Waals surface area contributed by atoms with Gasteiger partial charge in [0.05, 0.1) is 11.0 Å². The molecule has 0 aliphatic carbocycles. The molecule has 2 nitrogen and oxygen atoms in total. The Hall–Kier alpha value is -0.650. The third kappa shape index (κ3) is 3.02. The Morgan fingerprint density at radius 2 is 2.06 bits per heavy atom. The molecule has 0 saturated carbocycles. The monoisotopic (exact) mass is 273 g/mol. The lowest BCUT2D eigenvalue weighted by atomic mass is 10.2. The lowest BCUT2D eigenvalue weighted by molar-refractivity contribution is 0.127. The first-order chi connectivity index (χ1) is 8.61. The van der Waals surface area contributed by atoms with E-state index in [2.05, 4.69) is 5.32 Å². The predicted molar refractivity (Wildman–Crippen MR) is 68.8 cm³/mol. The molecular weight excluding hydrogens is 256 g/mol. The van der Waals surface area contributed by atoms with Crippen molar-refractivity contribution >= 4 is 11.8 Å². The van der Waals surface area contributed by atoms with Crippen LogP contribution in [0.5, 0.6) is 0 Å². The standard InChI is InChI=1S/C13H17F2NOS/c1-8-12(3-4-17-8)18-13-10(14)5-9(7-16-2)6-11(13)15/h5-6,8,12,16H,3-4,7H2,1-2H3. The molecule has 1 aliphatic heterocycles. The van der Waals surface area contributed by atoms with Gasteiger partial charge in [-0.25, -0.2) is 8.78 Å². The molecule has 1 heterocycles. The minimum atomic E-state index is -0.482. The zero-order chi connectivity index (χ0) is 13.1. The summed E-state index contributed by atoms with van der Waals surface area (Å²) in [6, 6.07) is 2.78. The average Bonchev–Trinajstić information content (AvgIpc) is 2.70. The molecule has 2 atom stereocenters. The Morgan fingerprint density at radius 1 is 1.39 bits per heavy atom. The number of halogens is 2. The van der Waals surface area contributed by atoms with Gasteiger partial charge in [-0.2, -0.15) is 0 Å². The molecule has 1 fully saturated rings. The Morgan fingerprint density at radius 3 is 2.56 bits per heavy atom. The summed E-state index contributed by atoms with van der Waals surface area (Å²) in [5.74, 6) is -0.964. The van der Waals surface area contributed by atoms with Crippen LogP contribution in [0.1, 0.15) is 18.9 Å². The van der Waals surface area contributed by atoms with Crippen molar-refractivity contribution in [1.82, 2.24) is 5.32 Å². The number of hydrogen-bond acceptors (Lipinski definition) is 3. The van der Waals surface area contributed by atoms with Crippen LogP contribution >= 0.6 is 11.8 Å². The highest BCUT2D eigenvalue weighted by Gasteiger charge is 2.27. The number of ether oxygens (including phenoxy) is 1. The molecule has 0 bridgehead atoms. The van der Waals surface area contributed by atoms with Crippen LogP contribution in [0.25, 0.3) is 0 Å². The van der Waals surface area contributed by atoms with E-state index < -0.39 is 11.6 Å². The van der Waals surface area contributed by atoms with Gasteiger partial charge in [-0.05, 0) is 38.1 Å². The van der Waals surface area contributed by atoms with Crippen LogP contribution in [-0.2, 0) is 11.3 Å². The van der Waals surface area contributed by atoms with Crippen LogP contribution in [0, 0.1) is 11.6 Å². The SMILES string of the molecule is CNCc1cc(F)c(SC2CCOC2C)c(F)c1. The molecule has 1 saturated heterocycles. The second-order valence-corrected chi connectivity index (χ2v) is 5.69. The van der Waals surface area contributed by atoms with E-state index in [0.717, 1.165) is 6.42 Å². The first-order valence-electron chi connectivity index (χ1n) is 6.02. The minimum Gasteiger partial charge on any atom is -0.377 e. The van der Waals surface area contributed by atoms with Crippen molar-refractivity contribution in [3.63, 3.8) is 0 Å². The predicted octanol–water partition coefficient (Wildman–Crippen LogP) is 2.95. The third-order valence-electron chi connectivity index (χ3n) is 3.01. The first kappa shape index (κ1) is 13.8. The maximum Gasteiger partial charge on any atom is 0.140 e. The Labute approximate surface area is 110 Å². The van der Waals surface area contributed by atoms with E-state index in [9.17, 15) is 8.78 Å². The normalized spacial score (nSPS) is 23.6. The highest BCUT2D eigenvalue weighted by molar-refractivity contribution is 8.00. The van der Waals surface area contributed by atoms with E-state index in [4.69, 9.17) is 4.74 Å². The topological polar surface area (TPSA) is 21.3 Å². The fraction of sp³-hybridized carbons (Fsp3) is 0.538. The molecule has 18 heavy (non-hydrogen) atoms. The molecule has 5 heteroatoms. The summed E-state index contributed by atoms with van der Waals surface area (Å²) in [6.45, 7) is 3.07. The van der Waals surface area contributed by atoms with Crippen molar-refractivity contribution in [1.29, 1.82) is 0 Å². The number of hydrogen-bond donors (Lipinski definition) is 1. The van der Waals surface area contributed by atoms with E-state index in [0.29, 0.717) is 18.7 Å². The van der Waals surface area contributed by atoms with Crippen molar-refractivity contribution in [2.45, 2.75) is 36.1 Å². The van der Waals surface area contributed by atoms with E-state index in [1.165, 1.54) is 23.9 Å². The molecule has 0 radical (unpaired) electrons. The number of nitrogens with one attached hydrogen (secondary N) is 1. The molecular formula is C13H17F2NOS. The molecule has 2 rings (SSSR count). The van der Waals surface area contributed by atoms with Crippen LogP contribution < -0.4 is 5.32 Å². The zero-order valence-electron chi connectivity index (χ0n) is 10.5. The van der Waals surface area contributed by atoms with Gasteiger partial charge in [0.15, 0.2) is 0 Å². The van der Waals surface area contributed by atoms with Crippen LogP contribution in [0.3, 0.4) is 0 Å². The fourth-order valence-electron chi connectivity index (χ4n) is 2.05. The summed E-state index contributed by atoms with van der Waals surface area (Å²) >= 11 is 1.24. The first-order valence-corrected chi connectivity index (χ1v) is 6.90. The molecule has 1 aromatic carbocycles. The highest BCUT2D eigenvalue weighted by Crippen LogP contribution is 2.35. The zero-order valence-corrected chi connectivity index (χ0v) is 11.3. The number of rotatable bonds is 4.